The Labute approximate surface area is 383 Å². The van der Waals surface area contributed by atoms with Crippen LogP contribution in [0.15, 0.2) is 217 Å². The molecule has 0 atom stereocenters. The molecule has 10 rings (SSSR count). The van der Waals surface area contributed by atoms with Crippen molar-refractivity contribution in [2.45, 2.75) is 39.5 Å². The van der Waals surface area contributed by atoms with Gasteiger partial charge < -0.3 is 14.9 Å². The van der Waals surface area contributed by atoms with Crippen molar-refractivity contribution in [3.63, 3.8) is 0 Å². The third-order valence-corrected chi connectivity index (χ3v) is 16.6. The van der Waals surface area contributed by atoms with Gasteiger partial charge in [0.2, 0.25) is 0 Å². The molecule has 1 radical (unpaired) electrons. The minimum absolute atomic E-state index is 0. The number of hydrazone groups is 1. The molecule has 8 aromatic carbocycles. The maximum Gasteiger partial charge on any atom is 0.179 e. The van der Waals surface area contributed by atoms with Gasteiger partial charge in [0, 0.05) is 39.3 Å². The number of benzene rings is 8. The number of hydrogen-bond acceptors (Lipinski definition) is 3. The van der Waals surface area contributed by atoms with Gasteiger partial charge in [-0.05, 0) is 66.6 Å². The molecule has 0 unspecified atom stereocenters. The number of anilines is 2. The van der Waals surface area contributed by atoms with Gasteiger partial charge in [0.1, 0.15) is 5.84 Å². The summed E-state index contributed by atoms with van der Waals surface area (Å²) in [6.45, 7) is 11.3. The number of para-hydroxylation sites is 3. The van der Waals surface area contributed by atoms with Crippen molar-refractivity contribution in [3.05, 3.63) is 236 Å². The zero-order chi connectivity index (χ0) is 41.8. The Kier molecular flexibility index (Phi) is 12.9. The van der Waals surface area contributed by atoms with Crippen molar-refractivity contribution < 1.29 is 22.4 Å². The minimum atomic E-state index is -2.71. The van der Waals surface area contributed by atoms with E-state index in [0.717, 1.165) is 28.1 Å². The van der Waals surface area contributed by atoms with Crippen LogP contribution in [0, 0.1) is 6.67 Å². The van der Waals surface area contributed by atoms with Crippen molar-refractivity contribution in [1.82, 2.24) is 4.98 Å². The molecule has 2 heterocycles. The van der Waals surface area contributed by atoms with E-state index < -0.39 is 8.07 Å². The van der Waals surface area contributed by atoms with Crippen LogP contribution in [0.2, 0.25) is 0 Å². The molecule has 0 spiro atoms. The second-order valence-corrected chi connectivity index (χ2v) is 20.1. The molecule has 0 amide bonds. The van der Waals surface area contributed by atoms with Crippen LogP contribution in [-0.2, 0) is 22.4 Å². The first-order valence-electron chi connectivity index (χ1n) is 21.3. The van der Waals surface area contributed by atoms with E-state index in [1.165, 1.54) is 48.3 Å². The van der Waals surface area contributed by atoms with Crippen LogP contribution in [0.4, 0.5) is 11.4 Å². The van der Waals surface area contributed by atoms with E-state index in [-0.39, 0.29) is 22.4 Å². The fraction of sp³-hybridized carbons (Fsp3) is 0.107. The van der Waals surface area contributed by atoms with Gasteiger partial charge in [-0.15, -0.1) is 17.7 Å². The van der Waals surface area contributed by atoms with Gasteiger partial charge in [-0.2, -0.15) is 5.10 Å². The molecule has 0 saturated heterocycles. The summed E-state index contributed by atoms with van der Waals surface area (Å²) < 4.78 is 0. The number of aromatic nitrogens is 1. The van der Waals surface area contributed by atoms with Gasteiger partial charge in [-0.3, -0.25) is 0 Å². The average molecular weight is 1000 g/mol. The van der Waals surface area contributed by atoms with Crippen molar-refractivity contribution in [2.24, 2.45) is 5.10 Å². The van der Waals surface area contributed by atoms with Crippen molar-refractivity contribution >= 4 is 67.8 Å². The first-order chi connectivity index (χ1) is 29.9. The molecule has 0 saturated carbocycles. The summed E-state index contributed by atoms with van der Waals surface area (Å²) in [5, 5.41) is 15.4. The zero-order valence-electron chi connectivity index (χ0n) is 35.5. The first kappa shape index (κ1) is 42.5. The SMILES string of the molecule is CC(C)c1cccc(C(C)C)c1N1[CH-]N(c2cccc([Si](c3ccccc3)(c3ccccc3)c3ccccc3)c2)C(c2ccccc2)=N1.[Au].c1ccc2c(c1)[n-]c1ccccc12. The van der Waals surface area contributed by atoms with Crippen molar-refractivity contribution in [3.8, 4) is 0 Å². The minimum Gasteiger partial charge on any atom is -0.657 e. The molecule has 1 aliphatic heterocycles. The standard InChI is InChI=1S/C44H42N3Si.C12H8N.Au/c1-33(2)41-29-18-30-42(34(3)4)43(41)47-32-46(44(45-47)35-19-9-5-10-20-35)36-21-17-28-40(31-36)48(37-22-11-6-12-23-37,38-24-13-7-14-25-38)39-26-15-8-16-27-39;1-3-7-11-9(5-1)10-6-2-4-8-12(10)13-11;/h5-34H,1-4H3;1-8H;/q2*-1;. The molecule has 1 aliphatic rings. The molecule has 0 bridgehead atoms. The van der Waals surface area contributed by atoms with Crippen LogP contribution < -0.4 is 35.6 Å². The van der Waals surface area contributed by atoms with Gasteiger partial charge in [0.05, 0.1) is 0 Å². The number of fused-ring (bicyclic) bond motifs is 3. The molecule has 0 N–H and O–H groups in total. The van der Waals surface area contributed by atoms with Crippen LogP contribution in [-0.4, -0.2) is 13.9 Å². The van der Waals surface area contributed by atoms with Gasteiger partial charge >= 0.3 is 0 Å². The Balaban J connectivity index is 0.000000319. The van der Waals surface area contributed by atoms with Crippen molar-refractivity contribution in [2.75, 3.05) is 9.91 Å². The number of nitrogens with zero attached hydrogens (tertiary/aromatic N) is 4. The van der Waals surface area contributed by atoms with Crippen molar-refractivity contribution in [1.29, 1.82) is 0 Å². The molecule has 62 heavy (non-hydrogen) atoms. The summed E-state index contributed by atoms with van der Waals surface area (Å²) in [6, 6.07) is 76.2. The normalized spacial score (nSPS) is 12.6. The van der Waals surface area contributed by atoms with E-state index in [1.807, 2.05) is 12.1 Å². The Morgan fingerprint density at radius 2 is 0.887 bits per heavy atom. The fourth-order valence-corrected chi connectivity index (χ4v) is 13.7. The van der Waals surface area contributed by atoms with Gasteiger partial charge in [-0.1, -0.05) is 228 Å². The molecular formula is C56H50AuN4Si-2. The first-order valence-corrected chi connectivity index (χ1v) is 23.3. The van der Waals surface area contributed by atoms with E-state index in [0.29, 0.717) is 11.8 Å². The van der Waals surface area contributed by atoms with Crippen LogP contribution in [0.1, 0.15) is 56.2 Å². The maximum absolute atomic E-state index is 5.37. The van der Waals surface area contributed by atoms with E-state index in [2.05, 4.69) is 249 Å². The third kappa shape index (κ3) is 8.13. The molecule has 0 fully saturated rings. The van der Waals surface area contributed by atoms with E-state index in [1.54, 1.807) is 0 Å². The summed E-state index contributed by atoms with van der Waals surface area (Å²) in [4.78, 5) is 6.79. The molecule has 0 aliphatic carbocycles. The molecule has 1 aromatic heterocycles. The predicted octanol–water partition coefficient (Wildman–Crippen LogP) is 11.1. The topological polar surface area (TPSA) is 32.9 Å². The Bertz CT molecular complexity index is 2740. The predicted molar refractivity (Wildman–Crippen MR) is 262 cm³/mol. The smallest absolute Gasteiger partial charge is 0.179 e. The largest absolute Gasteiger partial charge is 0.657 e. The fourth-order valence-electron chi connectivity index (χ4n) is 8.88. The summed E-state index contributed by atoms with van der Waals surface area (Å²) in [6.07, 6.45) is 0. The van der Waals surface area contributed by atoms with Gasteiger partial charge in [0.25, 0.3) is 0 Å². The summed E-state index contributed by atoms with van der Waals surface area (Å²) >= 11 is 0. The number of hydrogen-bond donors (Lipinski definition) is 0. The second-order valence-electron chi connectivity index (χ2n) is 16.3. The van der Waals surface area contributed by atoms with E-state index >= 15 is 0 Å². The van der Waals surface area contributed by atoms with Crippen LogP contribution in [0.25, 0.3) is 21.8 Å². The molecular weight excluding hydrogens is 954 g/mol. The van der Waals surface area contributed by atoms with Crippen LogP contribution in [0.3, 0.4) is 0 Å². The molecule has 6 heteroatoms. The second kappa shape index (κ2) is 18.8. The Morgan fingerprint density at radius 1 is 0.468 bits per heavy atom. The molecule has 311 valence electrons. The molecule has 9 aromatic rings. The third-order valence-electron chi connectivity index (χ3n) is 11.8. The average Bonchev–Trinajstić information content (AvgIpc) is 3.94. The Hall–Kier alpha value is -6.21. The summed E-state index contributed by atoms with van der Waals surface area (Å²) in [5.41, 5.74) is 8.11. The van der Waals surface area contributed by atoms with Gasteiger partial charge in [0.15, 0.2) is 8.07 Å². The van der Waals surface area contributed by atoms with Gasteiger partial charge in [-0.25, -0.2) is 0 Å². The maximum atomic E-state index is 5.37. The van der Waals surface area contributed by atoms with E-state index in [9.17, 15) is 0 Å². The Morgan fingerprint density at radius 3 is 1.37 bits per heavy atom. The number of rotatable bonds is 9. The molecule has 4 nitrogen and oxygen atoms in total. The zero-order valence-corrected chi connectivity index (χ0v) is 38.7. The van der Waals surface area contributed by atoms with Crippen LogP contribution >= 0.6 is 0 Å². The summed E-state index contributed by atoms with van der Waals surface area (Å²) in [5.74, 6) is 1.62. The monoisotopic (exact) mass is 1000 g/mol. The van der Waals surface area contributed by atoms with E-state index in [4.69, 9.17) is 5.10 Å². The quantitative estimate of drug-likeness (QED) is 0.0821. The number of amidine groups is 1. The van der Waals surface area contributed by atoms with Crippen LogP contribution in [0.5, 0.6) is 0 Å². The summed E-state index contributed by atoms with van der Waals surface area (Å²) in [7, 11) is -2.71.